The molecule has 0 aromatic heterocycles. The molecule has 0 fully saturated rings. The first-order valence-electron chi connectivity index (χ1n) is 9.09. The van der Waals surface area contributed by atoms with E-state index in [-0.39, 0.29) is 10.7 Å². The Bertz CT molecular complexity index is 1020. The number of anilines is 1. The van der Waals surface area contributed by atoms with Crippen LogP contribution in [0.4, 0.5) is 18.9 Å². The van der Waals surface area contributed by atoms with Gasteiger partial charge in [-0.2, -0.15) is 13.2 Å². The molecule has 10 heteroatoms. The molecular weight excluding hydrogens is 439 g/mol. The van der Waals surface area contributed by atoms with Gasteiger partial charge in [0.1, 0.15) is 13.2 Å². The van der Waals surface area contributed by atoms with Crippen LogP contribution in [-0.2, 0) is 20.5 Å². The van der Waals surface area contributed by atoms with Gasteiger partial charge in [-0.1, -0.05) is 17.7 Å². The molecule has 1 unspecified atom stereocenters. The first-order chi connectivity index (χ1) is 14.6. The molecule has 3 rings (SSSR count). The highest BCUT2D eigenvalue weighted by Gasteiger charge is 2.31. The molecule has 0 saturated carbocycles. The first-order valence-corrected chi connectivity index (χ1v) is 9.47. The van der Waals surface area contributed by atoms with Crippen molar-refractivity contribution in [1.82, 2.24) is 0 Å². The zero-order valence-corrected chi connectivity index (χ0v) is 16.9. The Balaban J connectivity index is 1.59. The summed E-state index contributed by atoms with van der Waals surface area (Å²) >= 11 is 5.85. The van der Waals surface area contributed by atoms with E-state index in [1.54, 1.807) is 18.2 Å². The molecule has 0 aliphatic carbocycles. The van der Waals surface area contributed by atoms with Gasteiger partial charge in [0, 0.05) is 6.08 Å². The molecule has 2 aromatic rings. The van der Waals surface area contributed by atoms with Crippen molar-refractivity contribution in [2.75, 3.05) is 18.5 Å². The van der Waals surface area contributed by atoms with E-state index in [4.69, 9.17) is 25.8 Å². The molecule has 1 amide bonds. The maximum absolute atomic E-state index is 12.8. The number of hydrogen-bond acceptors (Lipinski definition) is 5. The van der Waals surface area contributed by atoms with Gasteiger partial charge in [0.05, 0.1) is 16.3 Å². The number of amides is 1. The quantitative estimate of drug-likeness (QED) is 0.522. The van der Waals surface area contributed by atoms with E-state index in [0.717, 1.165) is 18.2 Å². The molecule has 0 radical (unpaired) electrons. The minimum Gasteiger partial charge on any atom is -0.486 e. The third-order valence-corrected chi connectivity index (χ3v) is 4.52. The molecule has 1 aliphatic rings. The predicted octanol–water partition coefficient (Wildman–Crippen LogP) is 4.71. The second kappa shape index (κ2) is 9.30. The number of hydrogen-bond donors (Lipinski definition) is 1. The Morgan fingerprint density at radius 2 is 1.84 bits per heavy atom. The number of fused-ring (bicyclic) bond motifs is 1. The van der Waals surface area contributed by atoms with Gasteiger partial charge in [0.2, 0.25) is 0 Å². The van der Waals surface area contributed by atoms with Crippen molar-refractivity contribution >= 4 is 35.2 Å². The number of alkyl halides is 3. The van der Waals surface area contributed by atoms with Gasteiger partial charge in [0.25, 0.3) is 5.91 Å². The van der Waals surface area contributed by atoms with Crippen molar-refractivity contribution in [1.29, 1.82) is 0 Å². The lowest BCUT2D eigenvalue weighted by Gasteiger charge is -2.18. The van der Waals surface area contributed by atoms with Gasteiger partial charge in [-0.05, 0) is 48.9 Å². The zero-order chi connectivity index (χ0) is 22.6. The third kappa shape index (κ3) is 5.91. The van der Waals surface area contributed by atoms with Crippen molar-refractivity contribution in [3.63, 3.8) is 0 Å². The average Bonchev–Trinajstić information content (AvgIpc) is 2.72. The van der Waals surface area contributed by atoms with Crippen LogP contribution in [0.25, 0.3) is 6.08 Å². The maximum atomic E-state index is 12.8. The highest BCUT2D eigenvalue weighted by molar-refractivity contribution is 6.33. The van der Waals surface area contributed by atoms with Crippen LogP contribution in [0.5, 0.6) is 11.5 Å². The fraction of sp³-hybridized carbons (Fsp3) is 0.238. The number of halogens is 4. The average molecular weight is 456 g/mol. The highest BCUT2D eigenvalue weighted by Crippen LogP contribution is 2.34. The second-order valence-electron chi connectivity index (χ2n) is 6.50. The van der Waals surface area contributed by atoms with E-state index < -0.39 is 29.7 Å². The molecule has 0 bridgehead atoms. The Morgan fingerprint density at radius 3 is 2.55 bits per heavy atom. The topological polar surface area (TPSA) is 73.9 Å². The summed E-state index contributed by atoms with van der Waals surface area (Å²) < 4.78 is 54.4. The summed E-state index contributed by atoms with van der Waals surface area (Å²) in [6.45, 7) is 2.16. The molecule has 0 saturated heterocycles. The summed E-state index contributed by atoms with van der Waals surface area (Å²) in [6.07, 6.45) is -3.29. The van der Waals surface area contributed by atoms with Gasteiger partial charge in [-0.25, -0.2) is 4.79 Å². The monoisotopic (exact) mass is 455 g/mol. The van der Waals surface area contributed by atoms with E-state index in [1.807, 2.05) is 0 Å². The maximum Gasteiger partial charge on any atom is 0.416 e. The van der Waals surface area contributed by atoms with Crippen LogP contribution in [0.15, 0.2) is 42.5 Å². The fourth-order valence-corrected chi connectivity index (χ4v) is 2.79. The Labute approximate surface area is 180 Å². The molecule has 6 nitrogen and oxygen atoms in total. The van der Waals surface area contributed by atoms with Gasteiger partial charge < -0.3 is 19.5 Å². The second-order valence-corrected chi connectivity index (χ2v) is 6.90. The number of rotatable bonds is 5. The summed E-state index contributed by atoms with van der Waals surface area (Å²) in [5.74, 6) is -0.494. The van der Waals surface area contributed by atoms with Crippen LogP contribution in [0, 0.1) is 0 Å². The van der Waals surface area contributed by atoms with Crippen LogP contribution in [0.2, 0.25) is 5.02 Å². The zero-order valence-electron chi connectivity index (χ0n) is 16.2. The lowest BCUT2D eigenvalue weighted by Crippen LogP contribution is -2.29. The molecule has 1 aliphatic heterocycles. The van der Waals surface area contributed by atoms with Crippen LogP contribution >= 0.6 is 11.6 Å². The first kappa shape index (κ1) is 22.5. The van der Waals surface area contributed by atoms with E-state index >= 15 is 0 Å². The Kier molecular flexibility index (Phi) is 6.74. The van der Waals surface area contributed by atoms with Gasteiger partial charge in [0.15, 0.2) is 17.6 Å². The molecular formula is C21H17ClF3NO5. The largest absolute Gasteiger partial charge is 0.486 e. The molecule has 1 heterocycles. The van der Waals surface area contributed by atoms with Crippen LogP contribution in [0.3, 0.4) is 0 Å². The van der Waals surface area contributed by atoms with Gasteiger partial charge >= 0.3 is 12.1 Å². The van der Waals surface area contributed by atoms with E-state index in [9.17, 15) is 22.8 Å². The Hall–Kier alpha value is -3.20. The predicted molar refractivity (Wildman–Crippen MR) is 107 cm³/mol. The molecule has 31 heavy (non-hydrogen) atoms. The number of ether oxygens (including phenoxy) is 3. The highest BCUT2D eigenvalue weighted by atomic mass is 35.5. The molecule has 0 spiro atoms. The van der Waals surface area contributed by atoms with Gasteiger partial charge in [-0.3, -0.25) is 4.79 Å². The minimum atomic E-state index is -4.60. The summed E-state index contributed by atoms with van der Waals surface area (Å²) in [6, 6.07) is 7.62. The number of nitrogens with one attached hydrogen (secondary N) is 1. The fourth-order valence-electron chi connectivity index (χ4n) is 2.63. The van der Waals surface area contributed by atoms with E-state index in [0.29, 0.717) is 36.3 Å². The third-order valence-electron chi connectivity index (χ3n) is 4.19. The number of carbonyl (C=O) groups is 2. The molecule has 164 valence electrons. The summed E-state index contributed by atoms with van der Waals surface area (Å²) in [5, 5.41) is 2.15. The molecule has 1 atom stereocenters. The SMILES string of the molecule is CC(OC(=O)C=Cc1ccc2c(c1)OCCO2)C(=O)Nc1cc(C(F)(F)F)ccc1Cl. The number of benzene rings is 2. The van der Waals surface area contributed by atoms with E-state index in [1.165, 1.54) is 13.0 Å². The summed E-state index contributed by atoms with van der Waals surface area (Å²) in [5.41, 5.74) is -0.565. The summed E-state index contributed by atoms with van der Waals surface area (Å²) in [7, 11) is 0. The molecule has 1 N–H and O–H groups in total. The Morgan fingerprint density at radius 1 is 1.13 bits per heavy atom. The lowest BCUT2D eigenvalue weighted by molar-refractivity contribution is -0.148. The van der Waals surface area contributed by atoms with Crippen LogP contribution in [0.1, 0.15) is 18.1 Å². The van der Waals surface area contributed by atoms with Crippen molar-refractivity contribution in [2.24, 2.45) is 0 Å². The van der Waals surface area contributed by atoms with Crippen LogP contribution < -0.4 is 14.8 Å². The van der Waals surface area contributed by atoms with E-state index in [2.05, 4.69) is 5.32 Å². The number of esters is 1. The minimum absolute atomic E-state index is 0.0848. The smallest absolute Gasteiger partial charge is 0.416 e. The molecule has 2 aromatic carbocycles. The number of carbonyl (C=O) groups excluding carboxylic acids is 2. The van der Waals surface area contributed by atoms with Gasteiger partial charge in [-0.15, -0.1) is 0 Å². The van der Waals surface area contributed by atoms with Crippen molar-refractivity contribution in [2.45, 2.75) is 19.2 Å². The standard InChI is InChI=1S/C21H17ClF3NO5/c1-12(20(28)26-16-11-14(21(23,24)25)4-5-15(16)22)31-19(27)7-3-13-2-6-17-18(10-13)30-9-8-29-17/h2-7,10-12H,8-9H2,1H3,(H,26,28). The van der Waals surface area contributed by atoms with Crippen molar-refractivity contribution < 1.29 is 37.0 Å². The van der Waals surface area contributed by atoms with Crippen molar-refractivity contribution in [3.8, 4) is 11.5 Å². The lowest BCUT2D eigenvalue weighted by atomic mass is 10.2. The van der Waals surface area contributed by atoms with Crippen molar-refractivity contribution in [3.05, 3.63) is 58.6 Å². The normalized spacial score (nSPS) is 14.2. The van der Waals surface area contributed by atoms with Crippen LogP contribution in [-0.4, -0.2) is 31.2 Å². The summed E-state index contributed by atoms with van der Waals surface area (Å²) in [4.78, 5) is 24.2.